The maximum absolute atomic E-state index is 12.3. The molecule has 6 heteroatoms. The molecular formula is C17H26Cl2N2O2. The van der Waals surface area contributed by atoms with Crippen molar-refractivity contribution in [3.63, 3.8) is 0 Å². The number of halogens is 2. The van der Waals surface area contributed by atoms with Crippen LogP contribution in [0.25, 0.3) is 0 Å². The molecule has 0 saturated carbocycles. The Hall–Kier alpha value is -0.970. The van der Waals surface area contributed by atoms with E-state index in [4.69, 9.17) is 16.3 Å². The lowest BCUT2D eigenvalue weighted by molar-refractivity contribution is -0.117. The number of anilines is 1. The van der Waals surface area contributed by atoms with Gasteiger partial charge in [-0.1, -0.05) is 18.5 Å². The molecule has 1 heterocycles. The molecule has 1 saturated heterocycles. The first-order valence-electron chi connectivity index (χ1n) is 7.86. The minimum Gasteiger partial charge on any atom is -0.495 e. The smallest absolute Gasteiger partial charge is 0.224 e. The summed E-state index contributed by atoms with van der Waals surface area (Å²) in [6.07, 6.45) is 2.84. The Labute approximate surface area is 149 Å². The Bertz CT molecular complexity index is 532. The van der Waals surface area contributed by atoms with E-state index in [1.54, 1.807) is 13.2 Å². The topological polar surface area (TPSA) is 50.4 Å². The average molecular weight is 361 g/mol. The van der Waals surface area contributed by atoms with Crippen LogP contribution >= 0.6 is 24.0 Å². The van der Waals surface area contributed by atoms with Crippen molar-refractivity contribution in [1.29, 1.82) is 0 Å². The van der Waals surface area contributed by atoms with E-state index in [0.717, 1.165) is 31.5 Å². The van der Waals surface area contributed by atoms with Gasteiger partial charge in [0.1, 0.15) is 5.75 Å². The molecule has 2 rings (SSSR count). The molecule has 1 aromatic rings. The third-order valence-corrected chi connectivity index (χ3v) is 4.86. The SMILES string of the molecule is COc1cc(Cl)c(C)cc1NC(=O)CC(C)C1CCNCC1.Cl. The van der Waals surface area contributed by atoms with Crippen molar-refractivity contribution in [2.24, 2.45) is 11.8 Å². The van der Waals surface area contributed by atoms with Gasteiger partial charge in [-0.25, -0.2) is 0 Å². The van der Waals surface area contributed by atoms with Crippen LogP contribution in [0.3, 0.4) is 0 Å². The predicted molar refractivity (Wildman–Crippen MR) is 98.0 cm³/mol. The minimum atomic E-state index is 0. The Balaban J connectivity index is 0.00000264. The Morgan fingerprint density at radius 2 is 2.09 bits per heavy atom. The summed E-state index contributed by atoms with van der Waals surface area (Å²) in [4.78, 5) is 12.3. The van der Waals surface area contributed by atoms with Gasteiger partial charge in [0.25, 0.3) is 0 Å². The van der Waals surface area contributed by atoms with Crippen molar-refractivity contribution in [1.82, 2.24) is 5.32 Å². The predicted octanol–water partition coefficient (Wildman–Crippen LogP) is 4.04. The molecule has 130 valence electrons. The summed E-state index contributed by atoms with van der Waals surface area (Å²) in [5.41, 5.74) is 1.61. The van der Waals surface area contributed by atoms with Crippen molar-refractivity contribution in [3.05, 3.63) is 22.7 Å². The van der Waals surface area contributed by atoms with E-state index in [0.29, 0.717) is 34.7 Å². The summed E-state index contributed by atoms with van der Waals surface area (Å²) in [6.45, 7) is 6.19. The molecule has 4 nitrogen and oxygen atoms in total. The van der Waals surface area contributed by atoms with Gasteiger partial charge >= 0.3 is 0 Å². The van der Waals surface area contributed by atoms with Gasteiger partial charge in [-0.2, -0.15) is 0 Å². The molecule has 1 amide bonds. The van der Waals surface area contributed by atoms with Gasteiger partial charge in [0.05, 0.1) is 12.8 Å². The minimum absolute atomic E-state index is 0. The molecule has 0 aromatic heterocycles. The van der Waals surface area contributed by atoms with E-state index in [1.807, 2.05) is 13.0 Å². The lowest BCUT2D eigenvalue weighted by Crippen LogP contribution is -2.32. The molecule has 1 aliphatic heterocycles. The number of carbonyl (C=O) groups excluding carboxylic acids is 1. The zero-order chi connectivity index (χ0) is 16.1. The Morgan fingerprint density at radius 1 is 1.43 bits per heavy atom. The molecule has 0 bridgehead atoms. The van der Waals surface area contributed by atoms with E-state index in [2.05, 4.69) is 17.6 Å². The number of amides is 1. The van der Waals surface area contributed by atoms with Gasteiger partial charge in [-0.3, -0.25) is 4.79 Å². The van der Waals surface area contributed by atoms with Crippen molar-refractivity contribution in [2.75, 3.05) is 25.5 Å². The summed E-state index contributed by atoms with van der Waals surface area (Å²) < 4.78 is 5.30. The first-order valence-corrected chi connectivity index (χ1v) is 8.23. The number of nitrogens with one attached hydrogen (secondary N) is 2. The highest BCUT2D eigenvalue weighted by Crippen LogP contribution is 2.31. The van der Waals surface area contributed by atoms with Crippen LogP contribution in [0, 0.1) is 18.8 Å². The van der Waals surface area contributed by atoms with E-state index >= 15 is 0 Å². The van der Waals surface area contributed by atoms with Gasteiger partial charge in [0.2, 0.25) is 5.91 Å². The number of ether oxygens (including phenoxy) is 1. The maximum atomic E-state index is 12.3. The Kier molecular flexibility index (Phi) is 8.17. The zero-order valence-electron chi connectivity index (χ0n) is 13.9. The largest absolute Gasteiger partial charge is 0.495 e. The van der Waals surface area contributed by atoms with Crippen LogP contribution in [-0.4, -0.2) is 26.1 Å². The van der Waals surface area contributed by atoms with E-state index < -0.39 is 0 Å². The van der Waals surface area contributed by atoms with Crippen molar-refractivity contribution < 1.29 is 9.53 Å². The number of carbonyl (C=O) groups is 1. The molecule has 0 radical (unpaired) electrons. The van der Waals surface area contributed by atoms with Crippen LogP contribution in [0.5, 0.6) is 5.75 Å². The number of rotatable bonds is 5. The van der Waals surface area contributed by atoms with E-state index in [9.17, 15) is 4.79 Å². The second kappa shape index (κ2) is 9.36. The van der Waals surface area contributed by atoms with Crippen LogP contribution < -0.4 is 15.4 Å². The van der Waals surface area contributed by atoms with Crippen molar-refractivity contribution in [2.45, 2.75) is 33.1 Å². The molecule has 1 aliphatic rings. The van der Waals surface area contributed by atoms with Crippen molar-refractivity contribution in [3.8, 4) is 5.75 Å². The monoisotopic (exact) mass is 360 g/mol. The first-order chi connectivity index (χ1) is 10.5. The van der Waals surface area contributed by atoms with Gasteiger partial charge in [-0.05, 0) is 56.3 Å². The van der Waals surface area contributed by atoms with E-state index in [-0.39, 0.29) is 18.3 Å². The lowest BCUT2D eigenvalue weighted by atomic mass is 9.84. The highest BCUT2D eigenvalue weighted by atomic mass is 35.5. The molecule has 1 fully saturated rings. The molecule has 1 unspecified atom stereocenters. The lowest BCUT2D eigenvalue weighted by Gasteiger charge is -2.28. The van der Waals surface area contributed by atoms with Crippen LogP contribution in [0.4, 0.5) is 5.69 Å². The van der Waals surface area contributed by atoms with Gasteiger partial charge in [0, 0.05) is 17.5 Å². The second-order valence-electron chi connectivity index (χ2n) is 6.12. The van der Waals surface area contributed by atoms with Gasteiger partial charge in [-0.15, -0.1) is 12.4 Å². The number of hydrogen-bond acceptors (Lipinski definition) is 3. The number of piperidine rings is 1. The summed E-state index contributed by atoms with van der Waals surface area (Å²) in [6, 6.07) is 3.59. The zero-order valence-corrected chi connectivity index (χ0v) is 15.5. The molecule has 23 heavy (non-hydrogen) atoms. The quantitative estimate of drug-likeness (QED) is 0.832. The van der Waals surface area contributed by atoms with E-state index in [1.165, 1.54) is 0 Å². The normalized spacial score (nSPS) is 16.3. The fraction of sp³-hybridized carbons (Fsp3) is 0.588. The van der Waals surface area contributed by atoms with Gasteiger partial charge in [0.15, 0.2) is 0 Å². The first kappa shape index (κ1) is 20.1. The molecule has 1 atom stereocenters. The standard InChI is InChI=1S/C17H25ClN2O2.ClH/c1-11(13-4-6-19-7-5-13)9-17(21)20-15-8-12(2)14(18)10-16(15)22-3;/h8,10-11,13,19H,4-7,9H2,1-3H3,(H,20,21);1H. The number of methoxy groups -OCH3 is 1. The van der Waals surface area contributed by atoms with Crippen LogP contribution in [0.2, 0.25) is 5.02 Å². The summed E-state index contributed by atoms with van der Waals surface area (Å²) in [7, 11) is 1.58. The fourth-order valence-electron chi connectivity index (χ4n) is 3.00. The summed E-state index contributed by atoms with van der Waals surface area (Å²) >= 11 is 6.09. The average Bonchev–Trinajstić information content (AvgIpc) is 2.51. The number of hydrogen-bond donors (Lipinski definition) is 2. The third-order valence-electron chi connectivity index (χ3n) is 4.45. The third kappa shape index (κ3) is 5.55. The highest BCUT2D eigenvalue weighted by molar-refractivity contribution is 6.31. The molecule has 2 N–H and O–H groups in total. The second-order valence-corrected chi connectivity index (χ2v) is 6.53. The van der Waals surface area contributed by atoms with Gasteiger partial charge < -0.3 is 15.4 Å². The highest BCUT2D eigenvalue weighted by Gasteiger charge is 2.22. The fourth-order valence-corrected chi connectivity index (χ4v) is 3.16. The Morgan fingerprint density at radius 3 is 2.70 bits per heavy atom. The van der Waals surface area contributed by atoms with Crippen LogP contribution in [0.1, 0.15) is 31.7 Å². The molecule has 1 aromatic carbocycles. The molecule has 0 spiro atoms. The summed E-state index contributed by atoms with van der Waals surface area (Å²) in [5.74, 6) is 1.65. The van der Waals surface area contributed by atoms with Crippen LogP contribution in [-0.2, 0) is 4.79 Å². The molecular weight excluding hydrogens is 335 g/mol. The van der Waals surface area contributed by atoms with Crippen LogP contribution in [0.15, 0.2) is 12.1 Å². The molecule has 0 aliphatic carbocycles. The maximum Gasteiger partial charge on any atom is 0.224 e. The number of aryl methyl sites for hydroxylation is 1. The summed E-state index contributed by atoms with van der Waals surface area (Å²) in [5, 5.41) is 6.96. The number of benzene rings is 1. The van der Waals surface area contributed by atoms with Crippen molar-refractivity contribution >= 4 is 35.6 Å².